The first kappa shape index (κ1) is 13.3. The Morgan fingerprint density at radius 2 is 2.05 bits per heavy atom. The van der Waals surface area contributed by atoms with E-state index < -0.39 is 0 Å². The summed E-state index contributed by atoms with van der Waals surface area (Å²) in [5.41, 5.74) is 2.78. The normalized spacial score (nSPS) is 13.1. The molecule has 0 saturated heterocycles. The number of hydrogen-bond acceptors (Lipinski definition) is 4. The smallest absolute Gasteiger partial charge is 0.204 e. The molecule has 0 bridgehead atoms. The molecule has 2 aromatic heterocycles. The lowest BCUT2D eigenvalue weighted by atomic mass is 10.0. The van der Waals surface area contributed by atoms with E-state index in [9.17, 15) is 4.39 Å². The molecule has 0 spiro atoms. The van der Waals surface area contributed by atoms with Crippen LogP contribution in [0.25, 0.3) is 5.69 Å². The molecule has 3 aromatic rings. The average Bonchev–Trinajstić information content (AvgIpc) is 2.82. The minimum atomic E-state index is -0.324. The van der Waals surface area contributed by atoms with Crippen LogP contribution in [0.15, 0.2) is 52.3 Å². The predicted molar refractivity (Wildman–Crippen MR) is 82.6 cm³/mol. The number of fused-ring (bicyclic) bond motifs is 3. The number of hydrogen-bond donors (Lipinski definition) is 0. The molecule has 4 rings (SSSR count). The Morgan fingerprint density at radius 1 is 1.14 bits per heavy atom. The third kappa shape index (κ3) is 2.05. The van der Waals surface area contributed by atoms with Crippen LogP contribution in [0.3, 0.4) is 0 Å². The zero-order chi connectivity index (χ0) is 15.1. The molecule has 1 aromatic carbocycles. The maximum Gasteiger partial charge on any atom is 0.204 e. The molecule has 1 aliphatic rings. The van der Waals surface area contributed by atoms with Gasteiger partial charge in [-0.1, -0.05) is 6.07 Å². The quantitative estimate of drug-likeness (QED) is 0.672. The minimum Gasteiger partial charge on any atom is -0.274 e. The van der Waals surface area contributed by atoms with Crippen molar-refractivity contribution in [3.8, 4) is 5.69 Å². The van der Waals surface area contributed by atoms with E-state index >= 15 is 0 Å². The van der Waals surface area contributed by atoms with Crippen LogP contribution < -0.4 is 0 Å². The van der Waals surface area contributed by atoms with Crippen molar-refractivity contribution in [3.05, 3.63) is 70.2 Å². The van der Waals surface area contributed by atoms with Crippen LogP contribution in [0, 0.1) is 5.82 Å². The van der Waals surface area contributed by atoms with E-state index in [4.69, 9.17) is 0 Å². The van der Waals surface area contributed by atoms with Crippen LogP contribution in [-0.2, 0) is 6.54 Å². The van der Waals surface area contributed by atoms with Crippen LogP contribution in [-0.4, -0.2) is 25.5 Å². The van der Waals surface area contributed by atoms with Gasteiger partial charge in [0.2, 0.25) is 4.73 Å². The first-order valence-electron chi connectivity index (χ1n) is 6.60. The van der Waals surface area contributed by atoms with Crippen molar-refractivity contribution >= 4 is 21.6 Å². The number of aromatic nitrogens is 4. The Morgan fingerprint density at radius 3 is 2.86 bits per heavy atom. The molecule has 3 heterocycles. The standard InChI is InChI=1S/C15H9BrFN5/c16-15-21-20-13-8-19-14(11-3-1-2-6-18-11)10-7-9(17)4-5-12(10)22(13)15/h1-7H,8H2. The zero-order valence-corrected chi connectivity index (χ0v) is 12.8. The minimum absolute atomic E-state index is 0.324. The summed E-state index contributed by atoms with van der Waals surface area (Å²) in [5, 5.41) is 8.12. The Balaban J connectivity index is 2.01. The van der Waals surface area contributed by atoms with Crippen LogP contribution in [0.2, 0.25) is 0 Å². The topological polar surface area (TPSA) is 56.0 Å². The summed E-state index contributed by atoms with van der Waals surface area (Å²) in [5.74, 6) is 0.362. The lowest BCUT2D eigenvalue weighted by molar-refractivity contribution is 0.627. The van der Waals surface area contributed by atoms with Gasteiger partial charge in [-0.15, -0.1) is 10.2 Å². The first-order chi connectivity index (χ1) is 10.7. The number of benzene rings is 1. The summed E-state index contributed by atoms with van der Waals surface area (Å²) in [7, 11) is 0. The third-order valence-electron chi connectivity index (χ3n) is 3.43. The van der Waals surface area contributed by atoms with Gasteiger partial charge in [0.25, 0.3) is 0 Å². The molecule has 22 heavy (non-hydrogen) atoms. The summed E-state index contributed by atoms with van der Waals surface area (Å²) in [6, 6.07) is 10.1. The molecule has 5 nitrogen and oxygen atoms in total. The monoisotopic (exact) mass is 357 g/mol. The number of nitrogens with zero attached hydrogens (tertiary/aromatic N) is 5. The third-order valence-corrected chi connectivity index (χ3v) is 3.94. The number of halogens is 2. The van der Waals surface area contributed by atoms with E-state index in [0.29, 0.717) is 34.1 Å². The van der Waals surface area contributed by atoms with Gasteiger partial charge < -0.3 is 0 Å². The maximum absolute atomic E-state index is 13.8. The van der Waals surface area contributed by atoms with Gasteiger partial charge in [-0.3, -0.25) is 14.5 Å². The van der Waals surface area contributed by atoms with Crippen molar-refractivity contribution in [2.24, 2.45) is 4.99 Å². The Bertz CT molecular complexity index is 888. The van der Waals surface area contributed by atoms with Gasteiger partial charge >= 0.3 is 0 Å². The summed E-state index contributed by atoms with van der Waals surface area (Å²) in [4.78, 5) is 8.91. The molecule has 0 radical (unpaired) electrons. The first-order valence-corrected chi connectivity index (χ1v) is 7.39. The highest BCUT2D eigenvalue weighted by Crippen LogP contribution is 2.27. The van der Waals surface area contributed by atoms with Gasteiger partial charge in [0.15, 0.2) is 5.82 Å². The molecule has 0 amide bonds. The lowest BCUT2D eigenvalue weighted by Gasteiger charge is -2.11. The second-order valence-electron chi connectivity index (χ2n) is 4.76. The Hall–Kier alpha value is -2.41. The second kappa shape index (κ2) is 5.10. The zero-order valence-electron chi connectivity index (χ0n) is 11.2. The van der Waals surface area contributed by atoms with Crippen molar-refractivity contribution in [1.82, 2.24) is 19.7 Å². The molecule has 0 aliphatic carbocycles. The Kier molecular flexibility index (Phi) is 3.07. The highest BCUT2D eigenvalue weighted by molar-refractivity contribution is 9.10. The molecule has 0 N–H and O–H groups in total. The number of pyridine rings is 1. The summed E-state index contributed by atoms with van der Waals surface area (Å²) in [6.07, 6.45) is 1.69. The van der Waals surface area contributed by atoms with E-state index in [1.54, 1.807) is 12.3 Å². The fourth-order valence-corrected chi connectivity index (χ4v) is 2.96. The summed E-state index contributed by atoms with van der Waals surface area (Å²) >= 11 is 3.38. The Labute approximate surface area is 133 Å². The van der Waals surface area contributed by atoms with E-state index in [0.717, 1.165) is 5.69 Å². The molecule has 7 heteroatoms. The maximum atomic E-state index is 13.8. The van der Waals surface area contributed by atoms with Gasteiger partial charge in [-0.05, 0) is 46.3 Å². The van der Waals surface area contributed by atoms with Crippen molar-refractivity contribution in [2.45, 2.75) is 6.54 Å². The lowest BCUT2D eigenvalue weighted by Crippen LogP contribution is -2.09. The fourth-order valence-electron chi connectivity index (χ4n) is 2.49. The van der Waals surface area contributed by atoms with Gasteiger partial charge in [0, 0.05) is 11.8 Å². The molecule has 0 saturated carbocycles. The molecule has 0 fully saturated rings. The highest BCUT2D eigenvalue weighted by atomic mass is 79.9. The van der Waals surface area contributed by atoms with E-state index in [2.05, 4.69) is 36.1 Å². The van der Waals surface area contributed by atoms with Crippen LogP contribution in [0.1, 0.15) is 17.1 Å². The molecule has 1 aliphatic heterocycles. The SMILES string of the molecule is Fc1ccc2c(c1)C(c1ccccn1)=NCc1nnc(Br)n1-2. The highest BCUT2D eigenvalue weighted by Gasteiger charge is 2.22. The van der Waals surface area contributed by atoms with E-state index in [1.165, 1.54) is 12.1 Å². The van der Waals surface area contributed by atoms with E-state index in [1.807, 2.05) is 22.8 Å². The van der Waals surface area contributed by atoms with Gasteiger partial charge in [0.1, 0.15) is 12.4 Å². The second-order valence-corrected chi connectivity index (χ2v) is 5.47. The largest absolute Gasteiger partial charge is 0.274 e. The van der Waals surface area contributed by atoms with Crippen LogP contribution in [0.4, 0.5) is 4.39 Å². The average molecular weight is 358 g/mol. The molecular weight excluding hydrogens is 349 g/mol. The molecular formula is C15H9BrFN5. The van der Waals surface area contributed by atoms with Gasteiger partial charge in [0.05, 0.1) is 17.1 Å². The molecule has 0 atom stereocenters. The summed E-state index contributed by atoms with van der Waals surface area (Å²) < 4.78 is 16.2. The molecule has 108 valence electrons. The fraction of sp³-hybridized carbons (Fsp3) is 0.0667. The van der Waals surface area contributed by atoms with Crippen LogP contribution >= 0.6 is 15.9 Å². The number of rotatable bonds is 1. The van der Waals surface area contributed by atoms with Crippen molar-refractivity contribution in [1.29, 1.82) is 0 Å². The number of aliphatic imine (C=N–C) groups is 1. The van der Waals surface area contributed by atoms with Crippen molar-refractivity contribution in [2.75, 3.05) is 0 Å². The van der Waals surface area contributed by atoms with Gasteiger partial charge in [-0.25, -0.2) is 4.39 Å². The van der Waals surface area contributed by atoms with Crippen LogP contribution in [0.5, 0.6) is 0 Å². The van der Waals surface area contributed by atoms with Crippen molar-refractivity contribution < 1.29 is 4.39 Å². The van der Waals surface area contributed by atoms with Crippen molar-refractivity contribution in [3.63, 3.8) is 0 Å². The molecule has 0 unspecified atom stereocenters. The van der Waals surface area contributed by atoms with Gasteiger partial charge in [-0.2, -0.15) is 0 Å². The summed E-state index contributed by atoms with van der Waals surface area (Å²) in [6.45, 7) is 0.348. The van der Waals surface area contributed by atoms with E-state index in [-0.39, 0.29) is 5.82 Å². The predicted octanol–water partition coefficient (Wildman–Crippen LogP) is 2.91.